The molecule has 1 rings (SSSR count). The summed E-state index contributed by atoms with van der Waals surface area (Å²) >= 11 is 0. The molecule has 4 N–H and O–H groups in total. The summed E-state index contributed by atoms with van der Waals surface area (Å²) < 4.78 is 13.7. The van der Waals surface area contributed by atoms with E-state index >= 15 is 0 Å². The number of amides is 1. The number of hydrogen-bond acceptors (Lipinski definition) is 3. The molecule has 17 heavy (non-hydrogen) atoms. The molecule has 4 nitrogen and oxygen atoms in total. The summed E-state index contributed by atoms with van der Waals surface area (Å²) in [6.07, 6.45) is 0.575. The van der Waals surface area contributed by atoms with E-state index in [-0.39, 0.29) is 18.2 Å². The van der Waals surface area contributed by atoms with Crippen LogP contribution in [0.1, 0.15) is 29.3 Å². The summed E-state index contributed by atoms with van der Waals surface area (Å²) in [5, 5.41) is 11.5. The molecule has 0 unspecified atom stereocenters. The third kappa shape index (κ3) is 3.17. The van der Waals surface area contributed by atoms with Gasteiger partial charge in [0.15, 0.2) is 0 Å². The van der Waals surface area contributed by atoms with Gasteiger partial charge in [-0.1, -0.05) is 6.92 Å². The van der Waals surface area contributed by atoms with E-state index in [0.29, 0.717) is 17.7 Å². The molecule has 0 heterocycles. The molecule has 94 valence electrons. The largest absolute Gasteiger partial charge is 0.399 e. The zero-order valence-corrected chi connectivity index (χ0v) is 9.96. The molecule has 0 aliphatic rings. The van der Waals surface area contributed by atoms with Gasteiger partial charge in [-0.05, 0) is 31.0 Å². The van der Waals surface area contributed by atoms with Crippen LogP contribution >= 0.6 is 0 Å². The van der Waals surface area contributed by atoms with Gasteiger partial charge in [0.05, 0.1) is 18.2 Å². The molecule has 0 saturated heterocycles. The maximum absolute atomic E-state index is 13.7. The SMILES string of the molecule is CC[C@@H](CO)NC(=O)c1cc(N)cc(C)c1F. The van der Waals surface area contributed by atoms with E-state index in [4.69, 9.17) is 10.8 Å². The minimum atomic E-state index is -0.579. The zero-order chi connectivity index (χ0) is 13.0. The first-order valence-electron chi connectivity index (χ1n) is 5.46. The zero-order valence-electron chi connectivity index (χ0n) is 9.96. The van der Waals surface area contributed by atoms with Gasteiger partial charge in [0.25, 0.3) is 5.91 Å². The van der Waals surface area contributed by atoms with Gasteiger partial charge in [0.2, 0.25) is 0 Å². The fourth-order valence-electron chi connectivity index (χ4n) is 1.50. The number of carbonyl (C=O) groups is 1. The third-order valence-electron chi connectivity index (χ3n) is 2.57. The predicted molar refractivity (Wildman–Crippen MR) is 64.2 cm³/mol. The van der Waals surface area contributed by atoms with E-state index in [1.807, 2.05) is 6.92 Å². The van der Waals surface area contributed by atoms with Crippen LogP contribution in [-0.2, 0) is 0 Å². The number of hydrogen-bond donors (Lipinski definition) is 3. The number of aliphatic hydroxyl groups excluding tert-OH is 1. The number of nitrogen functional groups attached to an aromatic ring is 1. The Labute approximate surface area is 99.6 Å². The number of nitrogens with one attached hydrogen (secondary N) is 1. The third-order valence-corrected chi connectivity index (χ3v) is 2.57. The molecule has 0 aliphatic carbocycles. The molecule has 1 aromatic carbocycles. The number of aliphatic hydroxyl groups is 1. The molecule has 0 fully saturated rings. The van der Waals surface area contributed by atoms with Crippen molar-refractivity contribution in [3.8, 4) is 0 Å². The van der Waals surface area contributed by atoms with Crippen LogP contribution in [0.4, 0.5) is 10.1 Å². The van der Waals surface area contributed by atoms with Crippen molar-refractivity contribution >= 4 is 11.6 Å². The molecular formula is C12H17FN2O2. The fraction of sp³-hybridized carbons (Fsp3) is 0.417. The Morgan fingerprint density at radius 3 is 2.76 bits per heavy atom. The first kappa shape index (κ1) is 13.4. The molecule has 5 heteroatoms. The van der Waals surface area contributed by atoms with Crippen molar-refractivity contribution in [2.24, 2.45) is 0 Å². The normalized spacial score (nSPS) is 12.2. The molecule has 0 aliphatic heterocycles. The van der Waals surface area contributed by atoms with Gasteiger partial charge in [-0.3, -0.25) is 4.79 Å². The average Bonchev–Trinajstić information content (AvgIpc) is 2.30. The van der Waals surface area contributed by atoms with E-state index in [2.05, 4.69) is 5.32 Å². The highest BCUT2D eigenvalue weighted by Gasteiger charge is 2.17. The van der Waals surface area contributed by atoms with E-state index < -0.39 is 11.7 Å². The fourth-order valence-corrected chi connectivity index (χ4v) is 1.50. The monoisotopic (exact) mass is 240 g/mol. The maximum atomic E-state index is 13.7. The summed E-state index contributed by atoms with van der Waals surface area (Å²) in [5.74, 6) is -1.14. The Morgan fingerprint density at radius 2 is 2.24 bits per heavy atom. The highest BCUT2D eigenvalue weighted by atomic mass is 19.1. The summed E-state index contributed by atoms with van der Waals surface area (Å²) in [4.78, 5) is 11.8. The number of aryl methyl sites for hydroxylation is 1. The van der Waals surface area contributed by atoms with Gasteiger partial charge >= 0.3 is 0 Å². The minimum Gasteiger partial charge on any atom is -0.399 e. The molecule has 0 radical (unpaired) electrons. The van der Waals surface area contributed by atoms with Gasteiger partial charge in [-0.2, -0.15) is 0 Å². The molecule has 0 spiro atoms. The first-order valence-corrected chi connectivity index (χ1v) is 5.46. The predicted octanol–water partition coefficient (Wildman–Crippen LogP) is 1.22. The van der Waals surface area contributed by atoms with Crippen molar-refractivity contribution in [1.29, 1.82) is 0 Å². The van der Waals surface area contributed by atoms with Gasteiger partial charge in [0, 0.05) is 5.69 Å². The van der Waals surface area contributed by atoms with E-state index in [9.17, 15) is 9.18 Å². The Morgan fingerprint density at radius 1 is 1.59 bits per heavy atom. The smallest absolute Gasteiger partial charge is 0.254 e. The number of rotatable bonds is 4. The van der Waals surface area contributed by atoms with E-state index in [1.165, 1.54) is 12.1 Å². The molecule has 0 aromatic heterocycles. The summed E-state index contributed by atoms with van der Waals surface area (Å²) in [5.41, 5.74) is 6.14. The molecule has 1 aromatic rings. The lowest BCUT2D eigenvalue weighted by atomic mass is 10.1. The van der Waals surface area contributed by atoms with Crippen molar-refractivity contribution in [1.82, 2.24) is 5.32 Å². The summed E-state index contributed by atoms with van der Waals surface area (Å²) in [6.45, 7) is 3.19. The highest BCUT2D eigenvalue weighted by molar-refractivity contribution is 5.95. The van der Waals surface area contributed by atoms with Gasteiger partial charge in [0.1, 0.15) is 5.82 Å². The lowest BCUT2D eigenvalue weighted by Crippen LogP contribution is -2.37. The van der Waals surface area contributed by atoms with Crippen LogP contribution < -0.4 is 11.1 Å². The van der Waals surface area contributed by atoms with Gasteiger partial charge in [-0.15, -0.1) is 0 Å². The van der Waals surface area contributed by atoms with Crippen molar-refractivity contribution in [3.05, 3.63) is 29.1 Å². The van der Waals surface area contributed by atoms with E-state index in [0.717, 1.165) is 0 Å². The number of carbonyl (C=O) groups excluding carboxylic acids is 1. The Bertz CT molecular complexity index is 417. The standard InChI is InChI=1S/C12H17FN2O2/c1-3-9(6-16)15-12(17)10-5-8(14)4-7(2)11(10)13/h4-5,9,16H,3,6,14H2,1-2H3,(H,15,17)/t9-/m0/s1. The second kappa shape index (κ2) is 5.63. The first-order chi connectivity index (χ1) is 7.99. The Balaban J connectivity index is 2.96. The number of benzene rings is 1. The topological polar surface area (TPSA) is 75.3 Å². The molecule has 1 amide bonds. The minimum absolute atomic E-state index is 0.0885. The van der Waals surface area contributed by atoms with Crippen LogP contribution in [0.5, 0.6) is 0 Å². The van der Waals surface area contributed by atoms with Crippen LogP contribution in [0.2, 0.25) is 0 Å². The Kier molecular flexibility index (Phi) is 4.45. The molecular weight excluding hydrogens is 223 g/mol. The van der Waals surface area contributed by atoms with Crippen molar-refractivity contribution in [2.75, 3.05) is 12.3 Å². The summed E-state index contributed by atoms with van der Waals surface area (Å²) in [6, 6.07) is 2.39. The Hall–Kier alpha value is -1.62. The van der Waals surface area contributed by atoms with Crippen LogP contribution in [-0.4, -0.2) is 23.7 Å². The maximum Gasteiger partial charge on any atom is 0.254 e. The van der Waals surface area contributed by atoms with Crippen LogP contribution in [0, 0.1) is 12.7 Å². The quantitative estimate of drug-likeness (QED) is 0.692. The lowest BCUT2D eigenvalue weighted by Gasteiger charge is -2.15. The molecule has 0 saturated carbocycles. The van der Waals surface area contributed by atoms with Gasteiger partial charge in [-0.25, -0.2) is 4.39 Å². The number of nitrogens with two attached hydrogens (primary N) is 1. The van der Waals surface area contributed by atoms with Crippen LogP contribution in [0.15, 0.2) is 12.1 Å². The van der Waals surface area contributed by atoms with Gasteiger partial charge < -0.3 is 16.2 Å². The van der Waals surface area contributed by atoms with E-state index in [1.54, 1.807) is 6.92 Å². The van der Waals surface area contributed by atoms with Crippen LogP contribution in [0.25, 0.3) is 0 Å². The summed E-state index contributed by atoms with van der Waals surface area (Å²) in [7, 11) is 0. The second-order valence-corrected chi connectivity index (χ2v) is 3.96. The molecule has 1 atom stereocenters. The van der Waals surface area contributed by atoms with Crippen molar-refractivity contribution < 1.29 is 14.3 Å². The molecule has 0 bridgehead atoms. The lowest BCUT2D eigenvalue weighted by molar-refractivity contribution is 0.0910. The van der Waals surface area contributed by atoms with Crippen molar-refractivity contribution in [3.63, 3.8) is 0 Å². The van der Waals surface area contributed by atoms with Crippen molar-refractivity contribution in [2.45, 2.75) is 26.3 Å². The average molecular weight is 240 g/mol. The number of anilines is 1. The number of halogens is 1. The second-order valence-electron chi connectivity index (χ2n) is 3.96. The highest BCUT2D eigenvalue weighted by Crippen LogP contribution is 2.17. The van der Waals surface area contributed by atoms with Crippen LogP contribution in [0.3, 0.4) is 0 Å².